The van der Waals surface area contributed by atoms with Crippen LogP contribution < -0.4 is 22.1 Å². The number of aliphatic carboxylic acids is 5. The number of rotatable bonds is 9. The van der Waals surface area contributed by atoms with Gasteiger partial charge in [0.05, 0.1) is 12.1 Å². The van der Waals surface area contributed by atoms with Crippen LogP contribution >= 0.6 is 0 Å². The molecule has 204 valence electrons. The van der Waals surface area contributed by atoms with Crippen molar-refractivity contribution in [3.63, 3.8) is 0 Å². The van der Waals surface area contributed by atoms with Crippen molar-refractivity contribution in [2.45, 2.75) is 72.0 Å². The third-order valence-corrected chi connectivity index (χ3v) is 4.26. The highest BCUT2D eigenvalue weighted by Gasteiger charge is 2.20. The van der Waals surface area contributed by atoms with Gasteiger partial charge in [0, 0.05) is 5.70 Å². The van der Waals surface area contributed by atoms with Crippen LogP contribution in [-0.2, 0) is 24.0 Å². The van der Waals surface area contributed by atoms with Gasteiger partial charge in [-0.05, 0) is 52.5 Å². The van der Waals surface area contributed by atoms with Crippen LogP contribution in [0.4, 0.5) is 0 Å². The molecule has 1 heterocycles. The van der Waals surface area contributed by atoms with Gasteiger partial charge in [-0.2, -0.15) is 0 Å². The Labute approximate surface area is 204 Å². The summed E-state index contributed by atoms with van der Waals surface area (Å²) in [6.45, 7) is 8.87. The summed E-state index contributed by atoms with van der Waals surface area (Å²) in [5.74, 6) is -4.31. The van der Waals surface area contributed by atoms with E-state index < -0.39 is 41.9 Å². The second-order valence-corrected chi connectivity index (χ2v) is 7.92. The maximum atomic E-state index is 10.4. The lowest BCUT2D eigenvalue weighted by Gasteiger charge is -2.12. The van der Waals surface area contributed by atoms with E-state index in [1.54, 1.807) is 0 Å². The van der Waals surface area contributed by atoms with E-state index in [1.165, 1.54) is 20.8 Å². The monoisotopic (exact) mass is 508 g/mol. The fraction of sp³-hybridized carbons (Fsp3) is 0.667. The normalized spacial score (nSPS) is 16.4. The Hall–Kier alpha value is -3.23. The van der Waals surface area contributed by atoms with E-state index in [-0.39, 0.29) is 18.2 Å². The van der Waals surface area contributed by atoms with Gasteiger partial charge < -0.3 is 47.6 Å². The van der Waals surface area contributed by atoms with Crippen LogP contribution in [0.5, 0.6) is 0 Å². The fourth-order valence-electron chi connectivity index (χ4n) is 2.16. The second-order valence-electron chi connectivity index (χ2n) is 7.92. The van der Waals surface area contributed by atoms with Gasteiger partial charge >= 0.3 is 29.8 Å². The zero-order chi connectivity index (χ0) is 28.3. The van der Waals surface area contributed by atoms with Crippen molar-refractivity contribution in [3.8, 4) is 0 Å². The zero-order valence-electron chi connectivity index (χ0n) is 20.8. The van der Waals surface area contributed by atoms with E-state index in [9.17, 15) is 24.0 Å². The highest BCUT2D eigenvalue weighted by Crippen LogP contribution is 2.03. The number of hydrogen-bond acceptors (Lipinski definition) is 9. The molecule has 0 aromatic carbocycles. The van der Waals surface area contributed by atoms with Gasteiger partial charge in [0.2, 0.25) is 0 Å². The lowest BCUT2D eigenvalue weighted by molar-refractivity contribution is -0.139. The molecule has 1 rings (SSSR count). The van der Waals surface area contributed by atoms with Crippen molar-refractivity contribution in [2.75, 3.05) is 13.1 Å². The van der Waals surface area contributed by atoms with E-state index in [0.29, 0.717) is 18.0 Å². The summed E-state index contributed by atoms with van der Waals surface area (Å²) in [7, 11) is 0. The number of hydrogen-bond donors (Lipinski definition) is 9. The minimum atomic E-state index is -1.05. The molecule has 0 amide bonds. The number of allylic oxidation sites excluding steroid dienone is 1. The quantitative estimate of drug-likeness (QED) is 0.181. The van der Waals surface area contributed by atoms with Crippen LogP contribution in [0.1, 0.15) is 53.9 Å². The van der Waals surface area contributed by atoms with E-state index in [4.69, 9.17) is 31.3 Å². The van der Waals surface area contributed by atoms with Crippen LogP contribution in [0, 0.1) is 5.92 Å². The second kappa shape index (κ2) is 20.2. The molecule has 0 aromatic heterocycles. The molecule has 1 saturated heterocycles. The van der Waals surface area contributed by atoms with E-state index in [1.807, 2.05) is 13.8 Å². The Morgan fingerprint density at radius 1 is 0.971 bits per heavy atom. The molecular formula is C21H40N4O10. The third kappa shape index (κ3) is 22.3. The summed E-state index contributed by atoms with van der Waals surface area (Å²) < 4.78 is 0. The number of carboxylic acid groups (broad SMARTS) is 5. The van der Waals surface area contributed by atoms with Crippen LogP contribution in [-0.4, -0.2) is 86.6 Å². The predicted octanol–water partition coefficient (Wildman–Crippen LogP) is -0.275. The smallest absolute Gasteiger partial charge is 0.333 e. The summed E-state index contributed by atoms with van der Waals surface area (Å²) in [5.41, 5.74) is 10.3. The first-order valence-corrected chi connectivity index (χ1v) is 10.7. The minimum Gasteiger partial charge on any atom is -0.480 e. The van der Waals surface area contributed by atoms with Gasteiger partial charge in [-0.1, -0.05) is 13.8 Å². The van der Waals surface area contributed by atoms with Crippen LogP contribution in [0.3, 0.4) is 0 Å². The van der Waals surface area contributed by atoms with Crippen LogP contribution in [0.2, 0.25) is 0 Å². The molecule has 3 atom stereocenters. The molecule has 1 aliphatic heterocycles. The zero-order valence-corrected chi connectivity index (χ0v) is 20.8. The van der Waals surface area contributed by atoms with Gasteiger partial charge in [-0.25, -0.2) is 4.79 Å². The molecule has 0 aromatic rings. The number of carbonyl (C=O) groups is 5. The topological polar surface area (TPSA) is 263 Å². The highest BCUT2D eigenvalue weighted by atomic mass is 16.4. The number of nitrogens with two attached hydrogens (primary N) is 2. The first kappa shape index (κ1) is 36.3. The van der Waals surface area contributed by atoms with Crippen molar-refractivity contribution < 1.29 is 49.5 Å². The van der Waals surface area contributed by atoms with Gasteiger partial charge in [0.1, 0.15) is 18.1 Å². The lowest BCUT2D eigenvalue weighted by atomic mass is 10.1. The molecule has 0 spiro atoms. The van der Waals surface area contributed by atoms with E-state index in [2.05, 4.69) is 16.4 Å². The third-order valence-electron chi connectivity index (χ3n) is 4.26. The van der Waals surface area contributed by atoms with Gasteiger partial charge in [0.15, 0.2) is 0 Å². The lowest BCUT2D eigenvalue weighted by Crippen LogP contribution is -2.33. The van der Waals surface area contributed by atoms with Crippen molar-refractivity contribution in [3.05, 3.63) is 11.3 Å². The summed E-state index contributed by atoms with van der Waals surface area (Å²) in [6, 6.07) is -1.74. The largest absolute Gasteiger partial charge is 0.480 e. The fourth-order valence-corrected chi connectivity index (χ4v) is 2.16. The van der Waals surface area contributed by atoms with Crippen molar-refractivity contribution >= 4 is 29.8 Å². The highest BCUT2D eigenvalue weighted by molar-refractivity contribution is 5.86. The number of carboxylic acids is 5. The Morgan fingerprint density at radius 2 is 1.46 bits per heavy atom. The molecule has 0 unspecified atom stereocenters. The molecule has 0 radical (unpaired) electrons. The van der Waals surface area contributed by atoms with Gasteiger partial charge in [-0.15, -0.1) is 0 Å². The molecule has 35 heavy (non-hydrogen) atoms. The minimum absolute atomic E-state index is 0.119. The van der Waals surface area contributed by atoms with E-state index in [0.717, 1.165) is 19.4 Å². The Balaban J connectivity index is -0.000000410. The Kier molecular flexibility index (Phi) is 20.9. The maximum absolute atomic E-state index is 10.4. The van der Waals surface area contributed by atoms with Crippen molar-refractivity contribution in [2.24, 2.45) is 17.4 Å². The van der Waals surface area contributed by atoms with Gasteiger partial charge in [0.25, 0.3) is 0 Å². The molecule has 0 bridgehead atoms. The predicted molar refractivity (Wildman–Crippen MR) is 127 cm³/mol. The molecule has 0 saturated carbocycles. The molecule has 14 heteroatoms. The van der Waals surface area contributed by atoms with Crippen LogP contribution in [0.25, 0.3) is 0 Å². The first-order valence-electron chi connectivity index (χ1n) is 10.7. The van der Waals surface area contributed by atoms with Crippen molar-refractivity contribution in [1.82, 2.24) is 10.6 Å². The Bertz CT molecular complexity index is 719. The summed E-state index contributed by atoms with van der Waals surface area (Å²) in [4.78, 5) is 50.3. The molecule has 11 N–H and O–H groups in total. The van der Waals surface area contributed by atoms with Crippen LogP contribution in [0.15, 0.2) is 11.3 Å². The molecule has 1 fully saturated rings. The average Bonchev–Trinajstić information content (AvgIpc) is 3.29. The van der Waals surface area contributed by atoms with Crippen molar-refractivity contribution in [1.29, 1.82) is 0 Å². The first-order chi connectivity index (χ1) is 16.0. The molecule has 0 aliphatic carbocycles. The SMILES string of the molecule is CC(C)C[C@H](N)C(=O)O.CC(N[C@@H](C)C(=O)O)=C(C)C(=O)O.NCC(=O)O.O=C(O)[C@@H]1CCCN1. The number of nitrogens with one attached hydrogen (secondary N) is 2. The molecule has 14 nitrogen and oxygen atoms in total. The standard InChI is InChI=1S/C8H13NO4.C6H13NO2.C5H9NO2.C2H5NO2/c1-4(7(10)11)5(2)9-6(3)8(12)13;1-4(2)3-5(7)6(8)9;7-5(8)4-2-1-3-6-4;3-1-2(4)5/h6,9H,1-3H3,(H,10,11)(H,12,13);4-5H,3,7H2,1-2H3,(H,8,9);4,6H,1-3H2,(H,7,8);1,3H2,(H,4,5)/t6-;5-;4-;/m000./s1. The summed E-state index contributed by atoms with van der Waals surface area (Å²) >= 11 is 0. The van der Waals surface area contributed by atoms with E-state index >= 15 is 0 Å². The average molecular weight is 509 g/mol. The maximum Gasteiger partial charge on any atom is 0.333 e. The van der Waals surface area contributed by atoms with Gasteiger partial charge in [-0.3, -0.25) is 19.2 Å². The molecular weight excluding hydrogens is 468 g/mol. The summed E-state index contributed by atoms with van der Waals surface area (Å²) in [5, 5.41) is 46.7. The summed E-state index contributed by atoms with van der Waals surface area (Å²) in [6.07, 6.45) is 2.33. The Morgan fingerprint density at radius 3 is 1.66 bits per heavy atom. The molecule has 1 aliphatic rings.